The van der Waals surface area contributed by atoms with Gasteiger partial charge < -0.3 is 0 Å². The lowest BCUT2D eigenvalue weighted by atomic mass is 10.0. The maximum absolute atomic E-state index is 8.41. The molecule has 1 nitrogen and oxygen atoms in total. The number of halogens is 1. The van der Waals surface area contributed by atoms with Crippen molar-refractivity contribution in [2.45, 2.75) is 19.8 Å². The fourth-order valence-corrected chi connectivity index (χ4v) is 1.61. The maximum atomic E-state index is 8.41. The van der Waals surface area contributed by atoms with Gasteiger partial charge in [0.2, 0.25) is 0 Å². The Kier molecular flexibility index (Phi) is 3.31. The Morgan fingerprint density at radius 2 is 2.25 bits per heavy atom. The van der Waals surface area contributed by atoms with E-state index in [0.717, 1.165) is 10.9 Å². The van der Waals surface area contributed by atoms with Gasteiger partial charge in [0, 0.05) is 10.9 Å². The smallest absolute Gasteiger partial charge is 0.0625 e. The van der Waals surface area contributed by atoms with E-state index in [2.05, 4.69) is 41.1 Å². The first-order valence-electron chi connectivity index (χ1n) is 3.86. The van der Waals surface area contributed by atoms with Crippen LogP contribution in [0.1, 0.15) is 17.5 Å². The Labute approximate surface area is 81.2 Å². The zero-order valence-corrected chi connectivity index (χ0v) is 8.56. The van der Waals surface area contributed by atoms with Crippen molar-refractivity contribution >= 4 is 15.9 Å². The van der Waals surface area contributed by atoms with Crippen LogP contribution in [0.3, 0.4) is 0 Å². The minimum absolute atomic E-state index is 0.600. The van der Waals surface area contributed by atoms with Gasteiger partial charge in [0.1, 0.15) is 0 Å². The van der Waals surface area contributed by atoms with Crippen molar-refractivity contribution in [3.63, 3.8) is 0 Å². The lowest BCUT2D eigenvalue weighted by Gasteiger charge is -2.02. The normalized spacial score (nSPS) is 9.42. The molecular formula is C10H10BrN. The first-order chi connectivity index (χ1) is 5.74. The molecule has 0 radical (unpaired) electrons. The third kappa shape index (κ3) is 2.35. The molecule has 0 saturated carbocycles. The van der Waals surface area contributed by atoms with Crippen LogP contribution >= 0.6 is 15.9 Å². The summed E-state index contributed by atoms with van der Waals surface area (Å²) < 4.78 is 1.10. The molecule has 62 valence electrons. The molecule has 1 aromatic carbocycles. The van der Waals surface area contributed by atoms with E-state index in [0.29, 0.717) is 6.42 Å². The van der Waals surface area contributed by atoms with Crippen molar-refractivity contribution in [2.24, 2.45) is 0 Å². The topological polar surface area (TPSA) is 23.8 Å². The second-order valence-electron chi connectivity index (χ2n) is 2.73. The number of hydrogen-bond acceptors (Lipinski definition) is 1. The number of nitrogens with zero attached hydrogens (tertiary/aromatic N) is 1. The summed E-state index contributed by atoms with van der Waals surface area (Å²) in [6.45, 7) is 2.07. The molecule has 0 fully saturated rings. The average molecular weight is 224 g/mol. The van der Waals surface area contributed by atoms with Gasteiger partial charge in [-0.3, -0.25) is 0 Å². The summed E-state index contributed by atoms with van der Waals surface area (Å²) in [6.07, 6.45) is 1.46. The van der Waals surface area contributed by atoms with Crippen LogP contribution in [-0.2, 0) is 6.42 Å². The Morgan fingerprint density at radius 3 is 2.83 bits per heavy atom. The van der Waals surface area contributed by atoms with Gasteiger partial charge in [-0.15, -0.1) is 0 Å². The van der Waals surface area contributed by atoms with E-state index in [9.17, 15) is 0 Å². The first-order valence-corrected chi connectivity index (χ1v) is 4.65. The van der Waals surface area contributed by atoms with Gasteiger partial charge >= 0.3 is 0 Å². The molecule has 0 heterocycles. The maximum Gasteiger partial charge on any atom is 0.0625 e. The second-order valence-corrected chi connectivity index (χ2v) is 3.64. The fourth-order valence-electron chi connectivity index (χ4n) is 1.13. The highest BCUT2D eigenvalue weighted by atomic mass is 79.9. The van der Waals surface area contributed by atoms with E-state index in [4.69, 9.17) is 5.26 Å². The number of nitriles is 1. The summed E-state index contributed by atoms with van der Waals surface area (Å²) in [7, 11) is 0. The van der Waals surface area contributed by atoms with Crippen LogP contribution in [0.15, 0.2) is 22.7 Å². The van der Waals surface area contributed by atoms with Gasteiger partial charge in [-0.25, -0.2) is 0 Å². The van der Waals surface area contributed by atoms with Crippen molar-refractivity contribution in [1.82, 2.24) is 0 Å². The highest BCUT2D eigenvalue weighted by molar-refractivity contribution is 9.10. The lowest BCUT2D eigenvalue weighted by molar-refractivity contribution is 0.995. The van der Waals surface area contributed by atoms with Crippen molar-refractivity contribution in [1.29, 1.82) is 5.26 Å². The molecule has 0 spiro atoms. The molecule has 0 aliphatic rings. The van der Waals surface area contributed by atoms with Crippen molar-refractivity contribution in [3.8, 4) is 6.07 Å². The Morgan fingerprint density at radius 1 is 1.50 bits per heavy atom. The van der Waals surface area contributed by atoms with Crippen molar-refractivity contribution in [3.05, 3.63) is 33.8 Å². The molecule has 0 N–H and O–H groups in total. The van der Waals surface area contributed by atoms with Crippen LogP contribution in [0.25, 0.3) is 0 Å². The second kappa shape index (κ2) is 4.27. The van der Waals surface area contributed by atoms with Gasteiger partial charge in [0.15, 0.2) is 0 Å². The van der Waals surface area contributed by atoms with Crippen LogP contribution < -0.4 is 0 Å². The van der Waals surface area contributed by atoms with Crippen LogP contribution in [-0.4, -0.2) is 0 Å². The third-order valence-corrected chi connectivity index (χ3v) is 2.30. The summed E-state index contributed by atoms with van der Waals surface area (Å²) in [4.78, 5) is 0. The Hall–Kier alpha value is -0.810. The summed E-state index contributed by atoms with van der Waals surface area (Å²) in [5.74, 6) is 0. The highest BCUT2D eigenvalue weighted by Crippen LogP contribution is 2.16. The number of rotatable bonds is 2. The molecule has 0 aliphatic heterocycles. The minimum atomic E-state index is 0.600. The molecule has 12 heavy (non-hydrogen) atoms. The molecule has 1 aromatic rings. The van der Waals surface area contributed by atoms with E-state index in [1.165, 1.54) is 11.1 Å². The minimum Gasteiger partial charge on any atom is -0.198 e. The predicted molar refractivity (Wildman–Crippen MR) is 52.8 cm³/mol. The van der Waals surface area contributed by atoms with Crippen LogP contribution in [0.4, 0.5) is 0 Å². The molecule has 2 heteroatoms. The quantitative estimate of drug-likeness (QED) is 0.756. The third-order valence-electron chi connectivity index (χ3n) is 1.81. The highest BCUT2D eigenvalue weighted by Gasteiger charge is 1.97. The Balaban J connectivity index is 2.81. The fraction of sp³-hybridized carbons (Fsp3) is 0.300. The molecule has 0 atom stereocenters. The molecule has 0 aromatic heterocycles. The summed E-state index contributed by atoms with van der Waals surface area (Å²) in [6, 6.07) is 8.30. The Bertz CT molecular complexity index is 312. The number of aryl methyl sites for hydroxylation is 2. The lowest BCUT2D eigenvalue weighted by Crippen LogP contribution is -1.87. The van der Waals surface area contributed by atoms with Crippen molar-refractivity contribution < 1.29 is 0 Å². The molecule has 1 rings (SSSR count). The molecule has 0 amide bonds. The van der Waals surface area contributed by atoms with E-state index < -0.39 is 0 Å². The van der Waals surface area contributed by atoms with Crippen LogP contribution in [0, 0.1) is 18.3 Å². The van der Waals surface area contributed by atoms with E-state index >= 15 is 0 Å². The average Bonchev–Trinajstić information content (AvgIpc) is 2.03. The van der Waals surface area contributed by atoms with E-state index in [1.807, 2.05) is 6.07 Å². The standard InChI is InChI=1S/C10H10BrN/c1-8-7-10(11)5-4-9(8)3-2-6-12/h4-5,7H,2-3H2,1H3. The van der Waals surface area contributed by atoms with Crippen molar-refractivity contribution in [2.75, 3.05) is 0 Å². The molecule has 0 saturated heterocycles. The number of hydrogen-bond donors (Lipinski definition) is 0. The summed E-state index contributed by atoms with van der Waals surface area (Å²) in [5, 5.41) is 8.41. The predicted octanol–water partition coefficient (Wildman–Crippen LogP) is 3.21. The van der Waals surface area contributed by atoms with Gasteiger partial charge in [-0.1, -0.05) is 22.0 Å². The largest absolute Gasteiger partial charge is 0.198 e. The van der Waals surface area contributed by atoms with Crippen LogP contribution in [0.2, 0.25) is 0 Å². The van der Waals surface area contributed by atoms with Crippen LogP contribution in [0.5, 0.6) is 0 Å². The first kappa shape index (κ1) is 9.28. The molecule has 0 unspecified atom stereocenters. The molecular weight excluding hydrogens is 214 g/mol. The SMILES string of the molecule is Cc1cc(Br)ccc1CCC#N. The molecule has 0 aliphatic carbocycles. The summed E-state index contributed by atoms with van der Waals surface area (Å²) in [5.41, 5.74) is 2.51. The molecule has 0 bridgehead atoms. The monoisotopic (exact) mass is 223 g/mol. The number of benzene rings is 1. The summed E-state index contributed by atoms with van der Waals surface area (Å²) >= 11 is 3.40. The van der Waals surface area contributed by atoms with Gasteiger partial charge in [-0.2, -0.15) is 5.26 Å². The zero-order chi connectivity index (χ0) is 8.97. The zero-order valence-electron chi connectivity index (χ0n) is 6.97. The van der Waals surface area contributed by atoms with E-state index in [-0.39, 0.29) is 0 Å². The van der Waals surface area contributed by atoms with Gasteiger partial charge in [-0.05, 0) is 36.6 Å². The van der Waals surface area contributed by atoms with Gasteiger partial charge in [0.05, 0.1) is 6.07 Å². The van der Waals surface area contributed by atoms with Gasteiger partial charge in [0.25, 0.3) is 0 Å². The van der Waals surface area contributed by atoms with E-state index in [1.54, 1.807) is 0 Å².